The summed E-state index contributed by atoms with van der Waals surface area (Å²) in [5.41, 5.74) is 2.66. The lowest BCUT2D eigenvalue weighted by atomic mass is 10.1. The van der Waals surface area contributed by atoms with Gasteiger partial charge in [-0.1, -0.05) is 42.1 Å². The Balaban J connectivity index is 1.41. The summed E-state index contributed by atoms with van der Waals surface area (Å²) in [4.78, 5) is 12.5. The summed E-state index contributed by atoms with van der Waals surface area (Å²) >= 11 is 1.25. The lowest BCUT2D eigenvalue weighted by Crippen LogP contribution is -2.25. The van der Waals surface area contributed by atoms with Crippen molar-refractivity contribution in [1.82, 2.24) is 25.2 Å². The van der Waals surface area contributed by atoms with E-state index in [0.717, 1.165) is 17.7 Å². The molecule has 2 heterocycles. The van der Waals surface area contributed by atoms with E-state index < -0.39 is 0 Å². The monoisotopic (exact) mass is 380 g/mol. The van der Waals surface area contributed by atoms with Crippen LogP contribution in [0.4, 0.5) is 0 Å². The van der Waals surface area contributed by atoms with Crippen LogP contribution >= 0.6 is 11.8 Å². The molecule has 0 saturated carbocycles. The van der Waals surface area contributed by atoms with E-state index in [1.54, 1.807) is 24.3 Å². The van der Waals surface area contributed by atoms with Gasteiger partial charge in [-0.05, 0) is 40.3 Å². The lowest BCUT2D eigenvalue weighted by molar-refractivity contribution is -0.127. The van der Waals surface area contributed by atoms with Crippen LogP contribution in [0.2, 0.25) is 0 Å². The van der Waals surface area contributed by atoms with Gasteiger partial charge in [0, 0.05) is 6.42 Å². The Labute approximate surface area is 159 Å². The second kappa shape index (κ2) is 7.58. The number of hydrogen-bond acceptors (Lipinski definition) is 7. The van der Waals surface area contributed by atoms with Crippen LogP contribution in [-0.2, 0) is 4.79 Å². The van der Waals surface area contributed by atoms with E-state index >= 15 is 0 Å². The van der Waals surface area contributed by atoms with Crippen LogP contribution in [0.5, 0.6) is 5.75 Å². The molecule has 27 heavy (non-hydrogen) atoms. The molecule has 2 aromatic carbocycles. The van der Waals surface area contributed by atoms with Gasteiger partial charge in [-0.2, -0.15) is 9.78 Å². The first-order valence-electron chi connectivity index (χ1n) is 8.34. The standard InChI is InChI=1S/C18H16N6O2S/c25-15-8-6-14(7-9-15)24-18(19-21-22-24)27-12-17(26)23-11-10-16(20-23)13-4-2-1-3-5-13/h1-9,25H,10-12H2. The minimum absolute atomic E-state index is 0.0915. The molecule has 0 atom stereocenters. The molecule has 9 heteroatoms. The number of nitrogens with zero attached hydrogens (tertiary/aromatic N) is 6. The molecule has 4 rings (SSSR count). The maximum absolute atomic E-state index is 12.5. The molecule has 8 nitrogen and oxygen atoms in total. The number of phenols is 1. The zero-order chi connectivity index (χ0) is 18.6. The number of thioether (sulfide) groups is 1. The lowest BCUT2D eigenvalue weighted by Gasteiger charge is -2.10. The molecule has 3 aromatic rings. The molecular weight excluding hydrogens is 364 g/mol. The van der Waals surface area contributed by atoms with Gasteiger partial charge in [0.25, 0.3) is 5.91 Å². The topological polar surface area (TPSA) is 96.5 Å². The van der Waals surface area contributed by atoms with Gasteiger partial charge in [0.1, 0.15) is 5.75 Å². The van der Waals surface area contributed by atoms with Gasteiger partial charge in [-0.25, -0.2) is 5.01 Å². The number of carbonyl (C=O) groups is 1. The summed E-state index contributed by atoms with van der Waals surface area (Å²) in [6, 6.07) is 16.4. The highest BCUT2D eigenvalue weighted by Gasteiger charge is 2.22. The van der Waals surface area contributed by atoms with Crippen LogP contribution in [0.1, 0.15) is 12.0 Å². The highest BCUT2D eigenvalue weighted by Crippen LogP contribution is 2.21. The van der Waals surface area contributed by atoms with Crippen LogP contribution < -0.4 is 0 Å². The molecule has 1 amide bonds. The second-order valence-electron chi connectivity index (χ2n) is 5.86. The number of phenolic OH excluding ortho intramolecular Hbond substituents is 1. The molecule has 136 valence electrons. The third-order valence-corrected chi connectivity index (χ3v) is 4.96. The Bertz CT molecular complexity index is 971. The van der Waals surface area contributed by atoms with Crippen molar-refractivity contribution in [2.45, 2.75) is 11.6 Å². The first-order chi connectivity index (χ1) is 13.2. The first-order valence-corrected chi connectivity index (χ1v) is 9.33. The molecule has 0 unspecified atom stereocenters. The van der Waals surface area contributed by atoms with Crippen molar-refractivity contribution in [3.8, 4) is 11.4 Å². The van der Waals surface area contributed by atoms with E-state index in [2.05, 4.69) is 20.6 Å². The van der Waals surface area contributed by atoms with Gasteiger partial charge in [-0.15, -0.1) is 5.10 Å². The van der Waals surface area contributed by atoms with Gasteiger partial charge in [0.15, 0.2) is 0 Å². The van der Waals surface area contributed by atoms with E-state index in [0.29, 0.717) is 17.4 Å². The zero-order valence-corrected chi connectivity index (χ0v) is 15.1. The van der Waals surface area contributed by atoms with Crippen molar-refractivity contribution in [3.63, 3.8) is 0 Å². The molecule has 1 aromatic heterocycles. The van der Waals surface area contributed by atoms with E-state index in [-0.39, 0.29) is 17.4 Å². The maximum atomic E-state index is 12.5. The van der Waals surface area contributed by atoms with Gasteiger partial charge >= 0.3 is 0 Å². The average molecular weight is 380 g/mol. The summed E-state index contributed by atoms with van der Waals surface area (Å²) in [6.07, 6.45) is 0.742. The van der Waals surface area contributed by atoms with Crippen molar-refractivity contribution in [2.24, 2.45) is 5.10 Å². The number of rotatable bonds is 5. The Kier molecular flexibility index (Phi) is 4.84. The Morgan fingerprint density at radius 3 is 2.67 bits per heavy atom. The van der Waals surface area contributed by atoms with Gasteiger partial charge in [-0.3, -0.25) is 4.79 Å². The molecule has 1 aliphatic rings. The van der Waals surface area contributed by atoms with E-state index in [9.17, 15) is 9.90 Å². The largest absolute Gasteiger partial charge is 0.508 e. The summed E-state index contributed by atoms with van der Waals surface area (Å²) in [5, 5.41) is 27.4. The van der Waals surface area contributed by atoms with Crippen molar-refractivity contribution in [3.05, 3.63) is 60.2 Å². The van der Waals surface area contributed by atoms with Crippen LogP contribution in [0, 0.1) is 0 Å². The highest BCUT2D eigenvalue weighted by molar-refractivity contribution is 7.99. The van der Waals surface area contributed by atoms with Crippen LogP contribution in [0.15, 0.2) is 64.9 Å². The molecule has 1 aliphatic heterocycles. The number of hydrazone groups is 1. The molecule has 0 aliphatic carbocycles. The predicted octanol–water partition coefficient (Wildman–Crippen LogP) is 2.10. The average Bonchev–Trinajstić information content (AvgIpc) is 3.37. The summed E-state index contributed by atoms with van der Waals surface area (Å²) in [7, 11) is 0. The molecule has 0 bridgehead atoms. The fourth-order valence-corrected chi connectivity index (χ4v) is 3.46. The Morgan fingerprint density at radius 2 is 1.89 bits per heavy atom. The van der Waals surface area contributed by atoms with Crippen LogP contribution in [-0.4, -0.2) is 54.2 Å². The predicted molar refractivity (Wildman–Crippen MR) is 101 cm³/mol. The fourth-order valence-electron chi connectivity index (χ4n) is 2.70. The number of amides is 1. The SMILES string of the molecule is O=C(CSc1nnnn1-c1ccc(O)cc1)N1CCC(c2ccccc2)=N1. The quantitative estimate of drug-likeness (QED) is 0.681. The van der Waals surface area contributed by atoms with Crippen molar-refractivity contribution < 1.29 is 9.90 Å². The third kappa shape index (κ3) is 3.82. The maximum Gasteiger partial charge on any atom is 0.253 e. The van der Waals surface area contributed by atoms with Crippen LogP contribution in [0.25, 0.3) is 5.69 Å². The first kappa shape index (κ1) is 17.2. The second-order valence-corrected chi connectivity index (χ2v) is 6.80. The molecule has 1 N–H and O–H groups in total. The normalized spacial score (nSPS) is 13.6. The molecule has 0 fully saturated rings. The highest BCUT2D eigenvalue weighted by atomic mass is 32.2. The molecular formula is C18H16N6O2S. The van der Waals surface area contributed by atoms with Crippen molar-refractivity contribution in [2.75, 3.05) is 12.3 Å². The summed E-state index contributed by atoms with van der Waals surface area (Å²) in [5.74, 6) is 0.257. The molecule has 0 spiro atoms. The van der Waals surface area contributed by atoms with E-state index in [1.807, 2.05) is 30.3 Å². The van der Waals surface area contributed by atoms with E-state index in [1.165, 1.54) is 21.5 Å². The third-order valence-electron chi connectivity index (χ3n) is 4.06. The number of aromatic nitrogens is 4. The minimum Gasteiger partial charge on any atom is -0.508 e. The number of carbonyl (C=O) groups excluding carboxylic acids is 1. The molecule has 0 radical (unpaired) electrons. The summed E-state index contributed by atoms with van der Waals surface area (Å²) < 4.78 is 1.53. The van der Waals surface area contributed by atoms with Gasteiger partial charge < -0.3 is 5.11 Å². The molecule has 0 saturated heterocycles. The number of aromatic hydroxyl groups is 1. The Morgan fingerprint density at radius 1 is 1.11 bits per heavy atom. The van der Waals surface area contributed by atoms with Crippen molar-refractivity contribution in [1.29, 1.82) is 0 Å². The van der Waals surface area contributed by atoms with E-state index in [4.69, 9.17) is 0 Å². The number of benzene rings is 2. The fraction of sp³-hybridized carbons (Fsp3) is 0.167. The van der Waals surface area contributed by atoms with Gasteiger partial charge in [0.2, 0.25) is 5.16 Å². The van der Waals surface area contributed by atoms with Crippen molar-refractivity contribution >= 4 is 23.4 Å². The smallest absolute Gasteiger partial charge is 0.253 e. The van der Waals surface area contributed by atoms with Gasteiger partial charge in [0.05, 0.1) is 23.7 Å². The number of tetrazole rings is 1. The zero-order valence-electron chi connectivity index (χ0n) is 14.3. The Hall–Kier alpha value is -3.20. The minimum atomic E-state index is -0.0915. The van der Waals surface area contributed by atoms with Crippen LogP contribution in [0.3, 0.4) is 0 Å². The summed E-state index contributed by atoms with van der Waals surface area (Å²) in [6.45, 7) is 0.576. The number of hydrogen-bond donors (Lipinski definition) is 1.